The number of hydrogen-bond acceptors (Lipinski definition) is 3. The molecule has 0 bridgehead atoms. The van der Waals surface area contributed by atoms with Crippen LogP contribution in [0.4, 0.5) is 0 Å². The van der Waals surface area contributed by atoms with Crippen LogP contribution in [0, 0.1) is 12.3 Å². The highest BCUT2D eigenvalue weighted by atomic mass is 16.5. The van der Waals surface area contributed by atoms with Crippen molar-refractivity contribution < 1.29 is 19.4 Å². The van der Waals surface area contributed by atoms with E-state index in [0.717, 1.165) is 0 Å². The first-order valence-electron chi connectivity index (χ1n) is 6.71. The van der Waals surface area contributed by atoms with E-state index in [4.69, 9.17) is 16.3 Å². The number of carbonyl (C=O) groups is 2. The number of carboxylic acid groups (broad SMARTS) is 1. The molecule has 1 amide bonds. The van der Waals surface area contributed by atoms with Gasteiger partial charge in [-0.15, -0.1) is 6.42 Å². The van der Waals surface area contributed by atoms with Crippen LogP contribution in [0.15, 0.2) is 24.3 Å². The Balaban J connectivity index is 2.57. The molecule has 1 aromatic rings. The molecule has 5 nitrogen and oxygen atoms in total. The molecule has 0 aliphatic heterocycles. The average Bonchev–Trinajstić information content (AvgIpc) is 2.51. The van der Waals surface area contributed by atoms with E-state index in [1.54, 1.807) is 0 Å². The third-order valence-corrected chi connectivity index (χ3v) is 3.33. The number of carboxylic acids is 1. The van der Waals surface area contributed by atoms with Crippen LogP contribution in [0.3, 0.4) is 0 Å². The summed E-state index contributed by atoms with van der Waals surface area (Å²) in [5, 5.41) is 11.6. The minimum Gasteiger partial charge on any atom is -0.484 e. The Morgan fingerprint density at radius 3 is 2.29 bits per heavy atom. The molecule has 0 saturated heterocycles. The van der Waals surface area contributed by atoms with E-state index < -0.39 is 11.5 Å². The van der Waals surface area contributed by atoms with Gasteiger partial charge in [-0.1, -0.05) is 19.8 Å². The third kappa shape index (κ3) is 4.53. The smallest absolute Gasteiger partial charge is 0.335 e. The predicted molar refractivity (Wildman–Crippen MR) is 79.2 cm³/mol. The topological polar surface area (TPSA) is 75.6 Å². The minimum absolute atomic E-state index is 0.162. The molecule has 0 aromatic heterocycles. The number of terminal acetylenes is 1. The molecule has 0 aliphatic carbocycles. The van der Waals surface area contributed by atoms with Crippen molar-refractivity contribution in [1.29, 1.82) is 0 Å². The quantitative estimate of drug-likeness (QED) is 0.753. The van der Waals surface area contributed by atoms with Crippen molar-refractivity contribution in [3.8, 4) is 18.1 Å². The molecule has 5 heteroatoms. The van der Waals surface area contributed by atoms with Gasteiger partial charge in [0.25, 0.3) is 5.91 Å². The van der Waals surface area contributed by atoms with Gasteiger partial charge < -0.3 is 15.2 Å². The van der Waals surface area contributed by atoms with Crippen LogP contribution in [0.2, 0.25) is 0 Å². The van der Waals surface area contributed by atoms with Crippen LogP contribution in [-0.4, -0.2) is 29.1 Å². The summed E-state index contributed by atoms with van der Waals surface area (Å²) in [6.07, 6.45) is 6.74. The fourth-order valence-electron chi connectivity index (χ4n) is 1.81. The van der Waals surface area contributed by atoms with Gasteiger partial charge in [0, 0.05) is 0 Å². The lowest BCUT2D eigenvalue weighted by atomic mass is 9.94. The van der Waals surface area contributed by atoms with Crippen LogP contribution in [0.5, 0.6) is 5.75 Å². The molecule has 21 heavy (non-hydrogen) atoms. The highest BCUT2D eigenvalue weighted by Gasteiger charge is 2.25. The number of benzene rings is 1. The molecule has 0 atom stereocenters. The molecule has 0 aliphatic rings. The maximum absolute atomic E-state index is 11.9. The number of nitrogens with one attached hydrogen (secondary N) is 1. The second-order valence-corrected chi connectivity index (χ2v) is 4.60. The molecule has 1 rings (SSSR count). The number of rotatable bonds is 7. The molecule has 0 fully saturated rings. The molecule has 2 N–H and O–H groups in total. The lowest BCUT2D eigenvalue weighted by Gasteiger charge is -2.26. The Hall–Kier alpha value is -2.48. The normalized spacial score (nSPS) is 10.5. The molecular formula is C16H19NO4. The Bertz CT molecular complexity index is 538. The first-order chi connectivity index (χ1) is 9.96. The van der Waals surface area contributed by atoms with E-state index in [-0.39, 0.29) is 18.1 Å². The van der Waals surface area contributed by atoms with Gasteiger partial charge in [0.1, 0.15) is 11.3 Å². The van der Waals surface area contributed by atoms with E-state index in [1.807, 2.05) is 13.8 Å². The van der Waals surface area contributed by atoms with Gasteiger partial charge in [-0.05, 0) is 37.1 Å². The van der Waals surface area contributed by atoms with Gasteiger partial charge in [-0.3, -0.25) is 4.79 Å². The highest BCUT2D eigenvalue weighted by Crippen LogP contribution is 2.14. The van der Waals surface area contributed by atoms with Crippen molar-refractivity contribution >= 4 is 11.9 Å². The minimum atomic E-state index is -1.01. The fraction of sp³-hybridized carbons (Fsp3) is 0.375. The summed E-state index contributed by atoms with van der Waals surface area (Å²) in [4.78, 5) is 22.6. The number of hydrogen-bond donors (Lipinski definition) is 2. The Labute approximate surface area is 124 Å². The standard InChI is InChI=1S/C16H19NO4/c1-4-16(5-2,6-3)17-14(18)11-21-13-9-7-12(8-10-13)15(19)20/h1,7-10H,5-6,11H2,2-3H3,(H,17,18)(H,19,20). The van der Waals surface area contributed by atoms with Crippen molar-refractivity contribution in [2.75, 3.05) is 6.61 Å². The lowest BCUT2D eigenvalue weighted by molar-refractivity contribution is -0.124. The van der Waals surface area contributed by atoms with Crippen molar-refractivity contribution in [2.45, 2.75) is 32.2 Å². The molecular weight excluding hydrogens is 270 g/mol. The third-order valence-electron chi connectivity index (χ3n) is 3.33. The molecule has 0 radical (unpaired) electrons. The van der Waals surface area contributed by atoms with Crippen LogP contribution in [0.25, 0.3) is 0 Å². The summed E-state index contributed by atoms with van der Waals surface area (Å²) < 4.78 is 5.31. The maximum atomic E-state index is 11.9. The van der Waals surface area contributed by atoms with Gasteiger partial charge in [0.15, 0.2) is 6.61 Å². The van der Waals surface area contributed by atoms with Gasteiger partial charge in [0.2, 0.25) is 0 Å². The SMILES string of the molecule is C#CC(CC)(CC)NC(=O)COc1ccc(C(=O)O)cc1. The summed E-state index contributed by atoms with van der Waals surface area (Å²) >= 11 is 0. The molecule has 0 unspecified atom stereocenters. The largest absolute Gasteiger partial charge is 0.484 e. The summed E-state index contributed by atoms with van der Waals surface area (Å²) in [5.74, 6) is 1.72. The zero-order valence-electron chi connectivity index (χ0n) is 12.2. The average molecular weight is 289 g/mol. The summed E-state index contributed by atoms with van der Waals surface area (Å²) in [6.45, 7) is 3.65. The van der Waals surface area contributed by atoms with Crippen molar-refractivity contribution in [3.05, 3.63) is 29.8 Å². The summed E-state index contributed by atoms with van der Waals surface area (Å²) in [5.41, 5.74) is -0.483. The molecule has 1 aromatic carbocycles. The van der Waals surface area contributed by atoms with E-state index in [0.29, 0.717) is 18.6 Å². The number of ether oxygens (including phenoxy) is 1. The van der Waals surface area contributed by atoms with E-state index in [2.05, 4.69) is 11.2 Å². The monoisotopic (exact) mass is 289 g/mol. The predicted octanol–water partition coefficient (Wildman–Crippen LogP) is 2.07. The molecule has 0 heterocycles. The van der Waals surface area contributed by atoms with E-state index in [1.165, 1.54) is 24.3 Å². The van der Waals surface area contributed by atoms with Crippen LogP contribution >= 0.6 is 0 Å². The number of aromatic carboxylic acids is 1. The molecule has 0 saturated carbocycles. The molecule has 112 valence electrons. The van der Waals surface area contributed by atoms with Gasteiger partial charge in [-0.25, -0.2) is 4.79 Å². The zero-order chi connectivity index (χ0) is 15.9. The zero-order valence-corrected chi connectivity index (χ0v) is 12.2. The lowest BCUT2D eigenvalue weighted by Crippen LogP contribution is -2.48. The second kappa shape index (κ2) is 7.34. The first kappa shape index (κ1) is 16.6. The van der Waals surface area contributed by atoms with Crippen LogP contribution in [-0.2, 0) is 4.79 Å². The second-order valence-electron chi connectivity index (χ2n) is 4.60. The Kier molecular flexibility index (Phi) is 5.79. The highest BCUT2D eigenvalue weighted by molar-refractivity contribution is 5.87. The maximum Gasteiger partial charge on any atom is 0.335 e. The van der Waals surface area contributed by atoms with Gasteiger partial charge >= 0.3 is 5.97 Å². The molecule has 0 spiro atoms. The van der Waals surface area contributed by atoms with Gasteiger partial charge in [0.05, 0.1) is 5.56 Å². The van der Waals surface area contributed by atoms with Gasteiger partial charge in [-0.2, -0.15) is 0 Å². The summed E-state index contributed by atoms with van der Waals surface area (Å²) in [7, 11) is 0. The van der Waals surface area contributed by atoms with Crippen molar-refractivity contribution in [1.82, 2.24) is 5.32 Å². The van der Waals surface area contributed by atoms with E-state index in [9.17, 15) is 9.59 Å². The number of amides is 1. The Morgan fingerprint density at radius 1 is 1.29 bits per heavy atom. The summed E-state index contributed by atoms with van der Waals surface area (Å²) in [6, 6.07) is 5.84. The first-order valence-corrected chi connectivity index (χ1v) is 6.71. The van der Waals surface area contributed by atoms with Crippen molar-refractivity contribution in [2.24, 2.45) is 0 Å². The van der Waals surface area contributed by atoms with E-state index >= 15 is 0 Å². The van der Waals surface area contributed by atoms with Crippen LogP contribution < -0.4 is 10.1 Å². The van der Waals surface area contributed by atoms with Crippen molar-refractivity contribution in [3.63, 3.8) is 0 Å². The Morgan fingerprint density at radius 2 is 1.86 bits per heavy atom. The fourth-order valence-corrected chi connectivity index (χ4v) is 1.81. The number of carbonyl (C=O) groups excluding carboxylic acids is 1. The van der Waals surface area contributed by atoms with Crippen LogP contribution in [0.1, 0.15) is 37.0 Å².